The highest BCUT2D eigenvalue weighted by Gasteiger charge is 2.17. The van der Waals surface area contributed by atoms with Gasteiger partial charge in [0.25, 0.3) is 11.5 Å². The Labute approximate surface area is 190 Å². The van der Waals surface area contributed by atoms with Crippen LogP contribution in [0, 0.1) is 25.2 Å². The van der Waals surface area contributed by atoms with E-state index in [1.165, 1.54) is 10.5 Å². The van der Waals surface area contributed by atoms with Crippen LogP contribution in [0.4, 0.5) is 5.69 Å². The molecule has 0 aliphatic carbocycles. The lowest BCUT2D eigenvalue weighted by molar-refractivity contribution is -0.112. The first-order valence-corrected chi connectivity index (χ1v) is 10.2. The predicted molar refractivity (Wildman–Crippen MR) is 126 cm³/mol. The highest BCUT2D eigenvalue weighted by molar-refractivity contribution is 6.09. The molecule has 1 N–H and O–H groups in total. The molecule has 1 amide bonds. The Bertz CT molecular complexity index is 1480. The summed E-state index contributed by atoms with van der Waals surface area (Å²) in [6, 6.07) is 21.4. The molecule has 0 unspecified atom stereocenters. The Morgan fingerprint density at radius 2 is 1.85 bits per heavy atom. The van der Waals surface area contributed by atoms with Gasteiger partial charge in [-0.05, 0) is 61.9 Å². The van der Waals surface area contributed by atoms with E-state index >= 15 is 0 Å². The second kappa shape index (κ2) is 9.20. The number of nitrogens with one attached hydrogen (secondary N) is 1. The number of hydrogen-bond donors (Lipinski definition) is 1. The number of anilines is 1. The molecule has 0 saturated heterocycles. The van der Waals surface area contributed by atoms with Crippen molar-refractivity contribution < 1.29 is 9.53 Å². The zero-order valence-corrected chi connectivity index (χ0v) is 18.1. The summed E-state index contributed by atoms with van der Waals surface area (Å²) in [7, 11) is 0. The molecule has 7 nitrogen and oxygen atoms in total. The van der Waals surface area contributed by atoms with Crippen molar-refractivity contribution in [2.24, 2.45) is 0 Å². The molecule has 162 valence electrons. The number of nitriles is 1. The number of ether oxygens (including phenoxy) is 1. The fourth-order valence-corrected chi connectivity index (χ4v) is 3.22. The molecule has 4 rings (SSSR count). The first kappa shape index (κ1) is 21.5. The summed E-state index contributed by atoms with van der Waals surface area (Å²) in [5.41, 5.74) is 2.22. The highest BCUT2D eigenvalue weighted by Crippen LogP contribution is 2.24. The van der Waals surface area contributed by atoms with Gasteiger partial charge < -0.3 is 10.1 Å². The predicted octanol–water partition coefficient (Wildman–Crippen LogP) is 4.65. The quantitative estimate of drug-likeness (QED) is 0.363. The second-order valence-corrected chi connectivity index (χ2v) is 7.47. The molecular formula is C26H20N4O3. The van der Waals surface area contributed by atoms with E-state index in [0.29, 0.717) is 17.1 Å². The Morgan fingerprint density at radius 3 is 2.58 bits per heavy atom. The number of fused-ring (bicyclic) bond motifs is 1. The highest BCUT2D eigenvalue weighted by atomic mass is 16.5. The van der Waals surface area contributed by atoms with Gasteiger partial charge in [0, 0.05) is 11.9 Å². The molecule has 0 radical (unpaired) electrons. The number of carbonyl (C=O) groups is 1. The van der Waals surface area contributed by atoms with Gasteiger partial charge in [0.2, 0.25) is 5.88 Å². The SMILES string of the molecule is Cc1ccc(Oc2nc3ccccn3c(=O)c2C=C(C#N)C(=O)Nc2cccc(C)c2)cc1. The van der Waals surface area contributed by atoms with Crippen molar-refractivity contribution in [3.8, 4) is 17.7 Å². The number of amides is 1. The second-order valence-electron chi connectivity index (χ2n) is 7.47. The van der Waals surface area contributed by atoms with Crippen LogP contribution in [0.3, 0.4) is 0 Å². The summed E-state index contributed by atoms with van der Waals surface area (Å²) in [5, 5.41) is 12.3. The van der Waals surface area contributed by atoms with Gasteiger partial charge in [0.05, 0.1) is 0 Å². The van der Waals surface area contributed by atoms with Crippen LogP contribution in [0.1, 0.15) is 16.7 Å². The van der Waals surface area contributed by atoms with Crippen molar-refractivity contribution in [3.05, 3.63) is 106 Å². The number of aromatic nitrogens is 2. The number of benzene rings is 2. The summed E-state index contributed by atoms with van der Waals surface area (Å²) in [5.74, 6) is -0.154. The topological polar surface area (TPSA) is 96.5 Å². The van der Waals surface area contributed by atoms with E-state index in [9.17, 15) is 14.9 Å². The monoisotopic (exact) mass is 436 g/mol. The van der Waals surface area contributed by atoms with Crippen LogP contribution < -0.4 is 15.6 Å². The van der Waals surface area contributed by atoms with Gasteiger partial charge in [0.1, 0.15) is 28.6 Å². The lowest BCUT2D eigenvalue weighted by atomic mass is 10.1. The molecule has 4 aromatic rings. The van der Waals surface area contributed by atoms with Crippen LogP contribution in [0.25, 0.3) is 11.7 Å². The number of carbonyl (C=O) groups excluding carboxylic acids is 1. The third-order valence-corrected chi connectivity index (χ3v) is 4.90. The van der Waals surface area contributed by atoms with Gasteiger partial charge in [0.15, 0.2) is 0 Å². The van der Waals surface area contributed by atoms with Crippen LogP contribution in [-0.4, -0.2) is 15.3 Å². The molecular weight excluding hydrogens is 416 g/mol. The van der Waals surface area contributed by atoms with Gasteiger partial charge in [-0.2, -0.15) is 10.2 Å². The Balaban J connectivity index is 1.79. The van der Waals surface area contributed by atoms with E-state index in [-0.39, 0.29) is 17.0 Å². The Morgan fingerprint density at radius 1 is 1.06 bits per heavy atom. The van der Waals surface area contributed by atoms with Crippen LogP contribution in [-0.2, 0) is 4.79 Å². The van der Waals surface area contributed by atoms with E-state index in [2.05, 4.69) is 10.3 Å². The third kappa shape index (κ3) is 4.81. The van der Waals surface area contributed by atoms with E-state index < -0.39 is 11.5 Å². The van der Waals surface area contributed by atoms with Gasteiger partial charge in [-0.1, -0.05) is 35.9 Å². The van der Waals surface area contributed by atoms with E-state index in [4.69, 9.17) is 4.74 Å². The number of rotatable bonds is 5. The molecule has 2 aromatic carbocycles. The smallest absolute Gasteiger partial charge is 0.269 e. The van der Waals surface area contributed by atoms with Crippen molar-refractivity contribution in [2.75, 3.05) is 5.32 Å². The molecule has 0 atom stereocenters. The average molecular weight is 436 g/mol. The molecule has 7 heteroatoms. The van der Waals surface area contributed by atoms with E-state index in [1.54, 1.807) is 54.7 Å². The normalized spacial score (nSPS) is 11.1. The number of nitrogens with zero attached hydrogens (tertiary/aromatic N) is 3. The fraction of sp³-hybridized carbons (Fsp3) is 0.0769. The standard InChI is InChI=1S/C26H20N4O3/c1-17-9-11-21(12-10-17)33-25-22(26(32)30-13-4-3-8-23(30)29-25)15-19(16-27)24(31)28-20-7-5-6-18(2)14-20/h3-15H,1-2H3,(H,28,31). The van der Waals surface area contributed by atoms with Gasteiger partial charge in [-0.25, -0.2) is 0 Å². The number of hydrogen-bond acceptors (Lipinski definition) is 5. The molecule has 2 heterocycles. The van der Waals surface area contributed by atoms with Crippen molar-refractivity contribution >= 4 is 23.3 Å². The minimum absolute atomic E-state index is 0.00443. The summed E-state index contributed by atoms with van der Waals surface area (Å²) in [6.45, 7) is 3.84. The third-order valence-electron chi connectivity index (χ3n) is 4.90. The minimum Gasteiger partial charge on any atom is -0.438 e. The summed E-state index contributed by atoms with van der Waals surface area (Å²) in [4.78, 5) is 30.4. The van der Waals surface area contributed by atoms with Crippen LogP contribution in [0.15, 0.2) is 83.3 Å². The molecule has 0 aliphatic rings. The molecule has 0 bridgehead atoms. The first-order chi connectivity index (χ1) is 15.9. The van der Waals surface area contributed by atoms with Gasteiger partial charge in [-0.15, -0.1) is 0 Å². The first-order valence-electron chi connectivity index (χ1n) is 10.2. The molecule has 0 saturated carbocycles. The molecule has 0 aliphatic heterocycles. The van der Waals surface area contributed by atoms with Gasteiger partial charge in [-0.3, -0.25) is 14.0 Å². The number of aryl methyl sites for hydroxylation is 2. The molecule has 0 fully saturated rings. The van der Waals surface area contributed by atoms with Gasteiger partial charge >= 0.3 is 0 Å². The largest absolute Gasteiger partial charge is 0.438 e. The number of pyridine rings is 1. The fourth-order valence-electron chi connectivity index (χ4n) is 3.22. The van der Waals surface area contributed by atoms with Crippen LogP contribution in [0.5, 0.6) is 11.6 Å². The van der Waals surface area contributed by atoms with Crippen molar-refractivity contribution in [1.29, 1.82) is 5.26 Å². The molecule has 2 aromatic heterocycles. The van der Waals surface area contributed by atoms with Crippen molar-refractivity contribution in [1.82, 2.24) is 9.38 Å². The zero-order chi connectivity index (χ0) is 23.4. The maximum absolute atomic E-state index is 13.2. The van der Waals surface area contributed by atoms with E-state index in [1.807, 2.05) is 38.1 Å². The molecule has 0 spiro atoms. The van der Waals surface area contributed by atoms with E-state index in [0.717, 1.165) is 11.1 Å². The summed E-state index contributed by atoms with van der Waals surface area (Å²) >= 11 is 0. The Hall–Kier alpha value is -4.70. The maximum atomic E-state index is 13.2. The van der Waals surface area contributed by atoms with Crippen molar-refractivity contribution in [3.63, 3.8) is 0 Å². The van der Waals surface area contributed by atoms with Crippen LogP contribution >= 0.6 is 0 Å². The molecule has 33 heavy (non-hydrogen) atoms. The maximum Gasteiger partial charge on any atom is 0.269 e. The van der Waals surface area contributed by atoms with Crippen LogP contribution in [0.2, 0.25) is 0 Å². The minimum atomic E-state index is -0.637. The Kier molecular flexibility index (Phi) is 6.00. The lowest BCUT2D eigenvalue weighted by Gasteiger charge is -2.11. The lowest BCUT2D eigenvalue weighted by Crippen LogP contribution is -2.20. The summed E-state index contributed by atoms with van der Waals surface area (Å²) in [6.07, 6.45) is 2.78. The summed E-state index contributed by atoms with van der Waals surface area (Å²) < 4.78 is 7.24. The van der Waals surface area contributed by atoms with Crippen molar-refractivity contribution in [2.45, 2.75) is 13.8 Å². The zero-order valence-electron chi connectivity index (χ0n) is 18.1. The average Bonchev–Trinajstić information content (AvgIpc) is 2.80.